The highest BCUT2D eigenvalue weighted by molar-refractivity contribution is 5.86. The Labute approximate surface area is 94.4 Å². The molecule has 2 aliphatic heterocycles. The van der Waals surface area contributed by atoms with Crippen LogP contribution in [-0.4, -0.2) is 47.2 Å². The maximum Gasteiger partial charge on any atom is 0.326 e. The summed E-state index contributed by atoms with van der Waals surface area (Å²) in [6.07, 6.45) is 3.55. The molecule has 2 rings (SSSR count). The van der Waals surface area contributed by atoms with Crippen molar-refractivity contribution < 1.29 is 19.4 Å². The van der Waals surface area contributed by atoms with Gasteiger partial charge in [-0.2, -0.15) is 0 Å². The number of carboxylic acid groups (broad SMARTS) is 1. The highest BCUT2D eigenvalue weighted by Crippen LogP contribution is 2.22. The van der Waals surface area contributed by atoms with Crippen LogP contribution in [0.3, 0.4) is 0 Å². The summed E-state index contributed by atoms with van der Waals surface area (Å²) in [5.41, 5.74) is 0. The Bertz CT molecular complexity index is 286. The van der Waals surface area contributed by atoms with Crippen LogP contribution in [0.4, 0.5) is 0 Å². The number of hydrogen-bond acceptors (Lipinski definition) is 3. The van der Waals surface area contributed by atoms with E-state index in [0.29, 0.717) is 19.6 Å². The molecule has 5 nitrogen and oxygen atoms in total. The van der Waals surface area contributed by atoms with Gasteiger partial charge in [0, 0.05) is 13.2 Å². The van der Waals surface area contributed by atoms with Crippen LogP contribution >= 0.6 is 0 Å². The summed E-state index contributed by atoms with van der Waals surface area (Å²) in [6, 6.07) is -0.648. The van der Waals surface area contributed by atoms with Crippen molar-refractivity contribution in [2.24, 2.45) is 0 Å². The molecule has 2 saturated heterocycles. The number of ether oxygens (including phenoxy) is 1. The van der Waals surface area contributed by atoms with Gasteiger partial charge in [0.2, 0.25) is 0 Å². The second-order valence-corrected chi connectivity index (χ2v) is 4.38. The van der Waals surface area contributed by atoms with Gasteiger partial charge in [0.15, 0.2) is 0 Å². The Morgan fingerprint density at radius 1 is 1.19 bits per heavy atom. The van der Waals surface area contributed by atoms with E-state index in [4.69, 9.17) is 9.84 Å². The van der Waals surface area contributed by atoms with Gasteiger partial charge in [-0.25, -0.2) is 4.79 Å². The number of likely N-dealkylation sites (tertiary alicyclic amines) is 1. The molecule has 0 aromatic carbocycles. The molecule has 2 atom stereocenters. The number of carboxylic acids is 1. The van der Waals surface area contributed by atoms with E-state index in [0.717, 1.165) is 25.7 Å². The van der Waals surface area contributed by atoms with E-state index < -0.39 is 18.1 Å². The fourth-order valence-electron chi connectivity index (χ4n) is 2.41. The molecule has 1 unspecified atom stereocenters. The molecule has 0 spiro atoms. The number of amides is 1. The number of aliphatic carboxylic acids is 1. The lowest BCUT2D eigenvalue weighted by Gasteiger charge is -2.34. The number of carbonyl (C=O) groups excluding carboxylic acids is 1. The lowest BCUT2D eigenvalue weighted by atomic mass is 10.0. The molecule has 0 aromatic heterocycles. The van der Waals surface area contributed by atoms with E-state index in [-0.39, 0.29) is 5.91 Å². The van der Waals surface area contributed by atoms with Crippen molar-refractivity contribution in [1.82, 2.24) is 4.90 Å². The van der Waals surface area contributed by atoms with Crippen LogP contribution in [0.1, 0.15) is 32.1 Å². The molecule has 0 aliphatic carbocycles. The minimum absolute atomic E-state index is 0.135. The Hall–Kier alpha value is -1.10. The molecule has 5 heteroatoms. The minimum Gasteiger partial charge on any atom is -0.480 e. The van der Waals surface area contributed by atoms with Crippen molar-refractivity contribution in [2.45, 2.75) is 44.2 Å². The summed E-state index contributed by atoms with van der Waals surface area (Å²) in [5, 5.41) is 9.07. The smallest absolute Gasteiger partial charge is 0.326 e. The summed E-state index contributed by atoms with van der Waals surface area (Å²) in [6.45, 7) is 1.16. The molecular formula is C11H17NO4. The molecule has 1 amide bonds. The maximum absolute atomic E-state index is 12.1. The zero-order valence-electron chi connectivity index (χ0n) is 9.22. The van der Waals surface area contributed by atoms with E-state index in [1.165, 1.54) is 4.90 Å². The van der Waals surface area contributed by atoms with Crippen LogP contribution in [0.15, 0.2) is 0 Å². The Kier molecular flexibility index (Phi) is 3.43. The third kappa shape index (κ3) is 2.19. The van der Waals surface area contributed by atoms with Crippen molar-refractivity contribution in [3.63, 3.8) is 0 Å². The number of hydrogen-bond donors (Lipinski definition) is 1. The largest absolute Gasteiger partial charge is 0.480 e. The van der Waals surface area contributed by atoms with E-state index >= 15 is 0 Å². The van der Waals surface area contributed by atoms with Crippen molar-refractivity contribution in [3.8, 4) is 0 Å². The van der Waals surface area contributed by atoms with Crippen LogP contribution in [-0.2, 0) is 14.3 Å². The molecule has 2 heterocycles. The van der Waals surface area contributed by atoms with E-state index in [9.17, 15) is 9.59 Å². The first kappa shape index (κ1) is 11.4. The fourth-order valence-corrected chi connectivity index (χ4v) is 2.41. The van der Waals surface area contributed by atoms with Crippen LogP contribution in [0.2, 0.25) is 0 Å². The summed E-state index contributed by atoms with van der Waals surface area (Å²) >= 11 is 0. The fraction of sp³-hybridized carbons (Fsp3) is 0.818. The van der Waals surface area contributed by atoms with Gasteiger partial charge in [-0.05, 0) is 32.1 Å². The predicted octanol–water partition coefficient (Wildman–Crippen LogP) is 0.631. The van der Waals surface area contributed by atoms with Gasteiger partial charge >= 0.3 is 5.97 Å². The highest BCUT2D eigenvalue weighted by Gasteiger charge is 2.36. The first-order chi connectivity index (χ1) is 7.70. The van der Waals surface area contributed by atoms with Gasteiger partial charge < -0.3 is 14.7 Å². The Balaban J connectivity index is 2.04. The van der Waals surface area contributed by atoms with Crippen molar-refractivity contribution in [2.75, 3.05) is 13.2 Å². The van der Waals surface area contributed by atoms with Crippen LogP contribution in [0.25, 0.3) is 0 Å². The zero-order valence-corrected chi connectivity index (χ0v) is 9.22. The first-order valence-corrected chi connectivity index (χ1v) is 5.85. The van der Waals surface area contributed by atoms with Crippen molar-refractivity contribution >= 4 is 11.9 Å². The number of nitrogens with zero attached hydrogens (tertiary/aromatic N) is 1. The maximum atomic E-state index is 12.1. The summed E-state index contributed by atoms with van der Waals surface area (Å²) in [5.74, 6) is -1.03. The summed E-state index contributed by atoms with van der Waals surface area (Å²) in [7, 11) is 0. The third-order valence-corrected chi connectivity index (χ3v) is 3.28. The lowest BCUT2D eigenvalue weighted by Crippen LogP contribution is -2.51. The van der Waals surface area contributed by atoms with Crippen LogP contribution in [0.5, 0.6) is 0 Å². The van der Waals surface area contributed by atoms with Gasteiger partial charge in [0.25, 0.3) is 5.91 Å². The molecule has 2 fully saturated rings. The van der Waals surface area contributed by atoms with E-state index in [1.807, 2.05) is 0 Å². The third-order valence-electron chi connectivity index (χ3n) is 3.28. The average molecular weight is 227 g/mol. The normalized spacial score (nSPS) is 30.4. The molecule has 0 saturated carbocycles. The SMILES string of the molecule is O=C(O)C1CCCCN1C(=O)[C@H]1CCCO1. The zero-order chi connectivity index (χ0) is 11.5. The van der Waals surface area contributed by atoms with E-state index in [1.54, 1.807) is 0 Å². The second-order valence-electron chi connectivity index (χ2n) is 4.38. The number of piperidine rings is 1. The Morgan fingerprint density at radius 2 is 2.00 bits per heavy atom. The summed E-state index contributed by atoms with van der Waals surface area (Å²) in [4.78, 5) is 24.6. The van der Waals surface area contributed by atoms with Gasteiger partial charge in [0.1, 0.15) is 12.1 Å². The van der Waals surface area contributed by atoms with Gasteiger partial charge in [0.05, 0.1) is 0 Å². The van der Waals surface area contributed by atoms with Gasteiger partial charge in [-0.1, -0.05) is 0 Å². The minimum atomic E-state index is -0.897. The van der Waals surface area contributed by atoms with E-state index in [2.05, 4.69) is 0 Å². The molecule has 2 aliphatic rings. The quantitative estimate of drug-likeness (QED) is 0.751. The highest BCUT2D eigenvalue weighted by atomic mass is 16.5. The lowest BCUT2D eigenvalue weighted by molar-refractivity contribution is -0.156. The molecular weight excluding hydrogens is 210 g/mol. The van der Waals surface area contributed by atoms with Crippen molar-refractivity contribution in [1.29, 1.82) is 0 Å². The second kappa shape index (κ2) is 4.82. The first-order valence-electron chi connectivity index (χ1n) is 5.85. The predicted molar refractivity (Wildman–Crippen MR) is 56.0 cm³/mol. The molecule has 0 bridgehead atoms. The monoisotopic (exact) mass is 227 g/mol. The van der Waals surface area contributed by atoms with Gasteiger partial charge in [-0.3, -0.25) is 4.79 Å². The molecule has 0 radical (unpaired) electrons. The average Bonchev–Trinajstić information content (AvgIpc) is 2.81. The number of rotatable bonds is 2. The summed E-state index contributed by atoms with van der Waals surface area (Å²) < 4.78 is 5.31. The standard InChI is InChI=1S/C11H17NO4/c13-10(9-5-3-7-16-9)12-6-2-1-4-8(12)11(14)15/h8-9H,1-7H2,(H,14,15)/t8?,9-/m1/s1. The van der Waals surface area contributed by atoms with Gasteiger partial charge in [-0.15, -0.1) is 0 Å². The Morgan fingerprint density at radius 3 is 2.62 bits per heavy atom. The van der Waals surface area contributed by atoms with Crippen LogP contribution < -0.4 is 0 Å². The topological polar surface area (TPSA) is 66.8 Å². The molecule has 16 heavy (non-hydrogen) atoms. The molecule has 90 valence electrons. The molecule has 0 aromatic rings. The van der Waals surface area contributed by atoms with Crippen molar-refractivity contribution in [3.05, 3.63) is 0 Å². The van der Waals surface area contributed by atoms with Crippen LogP contribution in [0, 0.1) is 0 Å². The number of carbonyl (C=O) groups is 2. The molecule has 1 N–H and O–H groups in total.